The van der Waals surface area contributed by atoms with E-state index in [2.05, 4.69) is 5.32 Å². The molecule has 3 heterocycles. The third kappa shape index (κ3) is 10.5. The first-order valence-corrected chi connectivity index (χ1v) is 19.6. The molecule has 1 aromatic heterocycles. The Bertz CT molecular complexity index is 1760. The summed E-state index contributed by atoms with van der Waals surface area (Å²) in [5.41, 5.74) is -0.00348. The fourth-order valence-corrected chi connectivity index (χ4v) is 7.52. The van der Waals surface area contributed by atoms with Crippen LogP contribution in [0.3, 0.4) is 0 Å². The second-order valence-electron chi connectivity index (χ2n) is 18.4. The Morgan fingerprint density at radius 1 is 0.982 bits per heavy atom. The van der Waals surface area contributed by atoms with Gasteiger partial charge in [-0.05, 0) is 110 Å². The first-order valence-electron chi connectivity index (χ1n) is 19.6. The zero-order valence-electron chi connectivity index (χ0n) is 34.6. The summed E-state index contributed by atoms with van der Waals surface area (Å²) < 4.78 is 34.5. The number of alkyl carbamates (subject to hydrolysis) is 1. The molecule has 13 heteroatoms. The summed E-state index contributed by atoms with van der Waals surface area (Å²) in [6.07, 6.45) is 5.39. The van der Waals surface area contributed by atoms with Gasteiger partial charge in [0.2, 0.25) is 0 Å². The molecule has 2 aromatic rings. The number of carbonyl (C=O) groups excluding carboxylic acids is 4. The highest BCUT2D eigenvalue weighted by molar-refractivity contribution is 5.87. The van der Waals surface area contributed by atoms with Crippen LogP contribution in [0.2, 0.25) is 0 Å². The summed E-state index contributed by atoms with van der Waals surface area (Å²) in [6.45, 7) is 16.6. The van der Waals surface area contributed by atoms with E-state index in [1.54, 1.807) is 48.7 Å². The Kier molecular flexibility index (Phi) is 12.2. The molecule has 5 unspecified atom stereocenters. The average molecular weight is 768 g/mol. The molecule has 13 nitrogen and oxygen atoms in total. The number of aromatic nitrogens is 1. The van der Waals surface area contributed by atoms with Gasteiger partial charge in [0.15, 0.2) is 0 Å². The quantitative estimate of drug-likeness (QED) is 0.138. The largest absolute Gasteiger partial charge is 0.497 e. The van der Waals surface area contributed by atoms with Gasteiger partial charge < -0.3 is 33.7 Å². The number of amides is 2. The molecule has 1 N–H and O–H groups in total. The van der Waals surface area contributed by atoms with Gasteiger partial charge in [0, 0.05) is 17.4 Å². The molecule has 0 bridgehead atoms. The molecule has 1 saturated carbocycles. The molecule has 5 atom stereocenters. The van der Waals surface area contributed by atoms with Gasteiger partial charge in [0.1, 0.15) is 46.5 Å². The second-order valence-corrected chi connectivity index (χ2v) is 18.4. The SMILES string of the molecule is COC(=O)C1CC2(CCc3c(c(CCCCCC4CC4OC(=O)NC(C(=O)OC(C)(C)C)C(C)(C)C)nc4ccc(OC)cc34)O2)CN1C(=O)OC(C)(C)C. The van der Waals surface area contributed by atoms with Crippen molar-refractivity contribution in [3.63, 3.8) is 0 Å². The van der Waals surface area contributed by atoms with Crippen LogP contribution in [0.25, 0.3) is 10.9 Å². The smallest absolute Gasteiger partial charge is 0.411 e. The average Bonchev–Trinajstić information content (AvgIpc) is 3.71. The second kappa shape index (κ2) is 16.1. The Balaban J connectivity index is 1.22. The van der Waals surface area contributed by atoms with Crippen LogP contribution in [-0.4, -0.2) is 89.8 Å². The molecular formula is C42H61N3O10. The number of unbranched alkanes of at least 4 members (excludes halogenated alkanes) is 2. The van der Waals surface area contributed by atoms with Gasteiger partial charge in [-0.1, -0.05) is 33.6 Å². The number of nitrogens with zero attached hydrogens (tertiary/aromatic N) is 2. The van der Waals surface area contributed by atoms with Crippen LogP contribution in [0, 0.1) is 11.3 Å². The minimum absolute atomic E-state index is 0.171. The number of fused-ring (bicyclic) bond motifs is 3. The molecule has 3 aliphatic rings. The summed E-state index contributed by atoms with van der Waals surface area (Å²) in [5.74, 6) is 0.733. The zero-order chi connectivity index (χ0) is 40.5. The Morgan fingerprint density at radius 2 is 1.69 bits per heavy atom. The maximum atomic E-state index is 13.3. The number of likely N-dealkylation sites (tertiary alicyclic amines) is 1. The lowest BCUT2D eigenvalue weighted by Crippen LogP contribution is -2.51. The van der Waals surface area contributed by atoms with Crippen molar-refractivity contribution in [2.75, 3.05) is 20.8 Å². The third-order valence-corrected chi connectivity index (χ3v) is 10.3. The maximum Gasteiger partial charge on any atom is 0.411 e. The molecule has 55 heavy (non-hydrogen) atoms. The van der Waals surface area contributed by atoms with E-state index in [0.29, 0.717) is 25.0 Å². The highest BCUT2D eigenvalue weighted by atomic mass is 16.6. The number of methoxy groups -OCH3 is 2. The van der Waals surface area contributed by atoms with Crippen molar-refractivity contribution in [3.05, 3.63) is 29.5 Å². The number of carbonyl (C=O) groups is 4. The fourth-order valence-electron chi connectivity index (χ4n) is 7.52. The molecule has 2 amide bonds. The molecule has 1 aliphatic carbocycles. The fraction of sp³-hybridized carbons (Fsp3) is 0.690. The number of esters is 2. The Morgan fingerprint density at radius 3 is 2.33 bits per heavy atom. The van der Waals surface area contributed by atoms with Gasteiger partial charge in [-0.25, -0.2) is 24.2 Å². The van der Waals surface area contributed by atoms with Crippen LogP contribution in [0.1, 0.15) is 119 Å². The lowest BCUT2D eigenvalue weighted by Gasteiger charge is -2.37. The molecule has 1 aromatic carbocycles. The van der Waals surface area contributed by atoms with Crippen molar-refractivity contribution in [1.82, 2.24) is 15.2 Å². The van der Waals surface area contributed by atoms with E-state index in [0.717, 1.165) is 60.0 Å². The first kappa shape index (κ1) is 41.9. The van der Waals surface area contributed by atoms with E-state index < -0.39 is 58.4 Å². The summed E-state index contributed by atoms with van der Waals surface area (Å²) >= 11 is 0. The zero-order valence-corrected chi connectivity index (χ0v) is 34.6. The molecule has 5 rings (SSSR count). The van der Waals surface area contributed by atoms with Crippen molar-refractivity contribution in [3.8, 4) is 11.5 Å². The monoisotopic (exact) mass is 767 g/mol. The van der Waals surface area contributed by atoms with E-state index in [-0.39, 0.29) is 25.0 Å². The van der Waals surface area contributed by atoms with Crippen LogP contribution in [-0.2, 0) is 41.4 Å². The van der Waals surface area contributed by atoms with Gasteiger partial charge in [0.25, 0.3) is 0 Å². The minimum atomic E-state index is -0.835. The third-order valence-electron chi connectivity index (χ3n) is 10.3. The van der Waals surface area contributed by atoms with E-state index in [4.69, 9.17) is 33.4 Å². The number of hydrogen-bond acceptors (Lipinski definition) is 11. The number of pyridine rings is 1. The van der Waals surface area contributed by atoms with Gasteiger partial charge in [0.05, 0.1) is 32.0 Å². The summed E-state index contributed by atoms with van der Waals surface area (Å²) in [7, 11) is 2.96. The van der Waals surface area contributed by atoms with E-state index in [9.17, 15) is 19.2 Å². The lowest BCUT2D eigenvalue weighted by molar-refractivity contribution is -0.160. The maximum absolute atomic E-state index is 13.3. The summed E-state index contributed by atoms with van der Waals surface area (Å²) in [4.78, 5) is 58.4. The van der Waals surface area contributed by atoms with Crippen molar-refractivity contribution >= 4 is 35.0 Å². The van der Waals surface area contributed by atoms with Crippen molar-refractivity contribution < 1.29 is 47.6 Å². The Hall–Kier alpha value is -4.29. The first-order chi connectivity index (χ1) is 25.6. The molecule has 1 spiro atoms. The van der Waals surface area contributed by atoms with Gasteiger partial charge in [-0.2, -0.15) is 0 Å². The van der Waals surface area contributed by atoms with Crippen molar-refractivity contribution in [1.29, 1.82) is 0 Å². The molecular weight excluding hydrogens is 706 g/mol. The van der Waals surface area contributed by atoms with Crippen LogP contribution in [0.4, 0.5) is 9.59 Å². The summed E-state index contributed by atoms with van der Waals surface area (Å²) in [6, 6.07) is 4.20. The highest BCUT2D eigenvalue weighted by Gasteiger charge is 2.54. The van der Waals surface area contributed by atoms with Crippen molar-refractivity contribution in [2.24, 2.45) is 11.3 Å². The molecule has 2 aliphatic heterocycles. The van der Waals surface area contributed by atoms with Gasteiger partial charge >= 0.3 is 24.1 Å². The van der Waals surface area contributed by atoms with Crippen LogP contribution in [0.5, 0.6) is 11.5 Å². The molecule has 2 fully saturated rings. The molecule has 1 saturated heterocycles. The number of nitrogens with one attached hydrogen (secondary N) is 1. The summed E-state index contributed by atoms with van der Waals surface area (Å²) in [5, 5.41) is 3.71. The van der Waals surface area contributed by atoms with Crippen LogP contribution < -0.4 is 14.8 Å². The van der Waals surface area contributed by atoms with Gasteiger partial charge in [-0.15, -0.1) is 0 Å². The molecule has 304 valence electrons. The number of ether oxygens (including phenoxy) is 6. The minimum Gasteiger partial charge on any atom is -0.497 e. The van der Waals surface area contributed by atoms with Crippen LogP contribution >= 0.6 is 0 Å². The highest BCUT2D eigenvalue weighted by Crippen LogP contribution is 2.46. The standard InChI is InChI=1S/C42H61N3O10/c1-39(2,3)34(36(47)54-40(4,5)6)44-37(48)52-32-21-25(32)15-13-12-14-16-30-33-27(28-22-26(50-10)17-18-29(28)43-30)19-20-42(53-33)23-31(35(46)51-11)45(24-42)38(49)55-41(7,8)9/h17-18,22,25,31-32,34H,12-16,19-21,23-24H2,1-11H3,(H,44,48). The Labute approximate surface area is 325 Å². The number of benzene rings is 1. The normalized spacial score (nSPS) is 22.7. The molecule has 0 radical (unpaired) electrons. The predicted molar refractivity (Wildman–Crippen MR) is 206 cm³/mol. The van der Waals surface area contributed by atoms with E-state index in [1.165, 1.54) is 12.0 Å². The number of aryl methyl sites for hydroxylation is 2. The lowest BCUT2D eigenvalue weighted by atomic mass is 9.86. The predicted octanol–water partition coefficient (Wildman–Crippen LogP) is 7.46. The van der Waals surface area contributed by atoms with E-state index >= 15 is 0 Å². The van der Waals surface area contributed by atoms with Crippen molar-refractivity contribution in [2.45, 2.75) is 155 Å². The van der Waals surface area contributed by atoms with Crippen LogP contribution in [0.15, 0.2) is 18.2 Å². The number of hydrogen-bond donors (Lipinski definition) is 1. The van der Waals surface area contributed by atoms with E-state index in [1.807, 2.05) is 39.0 Å². The topological polar surface area (TPSA) is 152 Å². The van der Waals surface area contributed by atoms with Gasteiger partial charge in [-0.3, -0.25) is 4.90 Å². The number of rotatable bonds is 11.